The number of nitrogens with zero attached hydrogens (tertiary/aromatic N) is 2. The molecule has 2 N–H and O–H groups in total. The molecule has 0 aromatic carbocycles. The molecule has 4 heteroatoms. The van der Waals surface area contributed by atoms with E-state index in [-0.39, 0.29) is 0 Å². The molecule has 1 aromatic heterocycles. The van der Waals surface area contributed by atoms with Crippen molar-refractivity contribution in [2.75, 3.05) is 25.0 Å². The van der Waals surface area contributed by atoms with Crippen molar-refractivity contribution in [2.45, 2.75) is 18.9 Å². The molecule has 1 unspecified atom stereocenters. The van der Waals surface area contributed by atoms with Gasteiger partial charge in [-0.05, 0) is 31.8 Å². The van der Waals surface area contributed by atoms with Gasteiger partial charge in [-0.1, -0.05) is 0 Å². The molecule has 1 aromatic rings. The van der Waals surface area contributed by atoms with E-state index in [1.807, 2.05) is 12.4 Å². The zero-order chi connectivity index (χ0) is 9.38. The van der Waals surface area contributed by atoms with Gasteiger partial charge in [0.25, 0.3) is 0 Å². The van der Waals surface area contributed by atoms with E-state index in [0.29, 0.717) is 6.04 Å². The summed E-state index contributed by atoms with van der Waals surface area (Å²) in [4.78, 5) is 2.55. The first-order valence-corrected chi connectivity index (χ1v) is 5.39. The molecular weight excluding hydrogens is 176 g/mol. The van der Waals surface area contributed by atoms with Gasteiger partial charge in [-0.3, -0.25) is 5.10 Å². The summed E-state index contributed by atoms with van der Waals surface area (Å²) in [5.74, 6) is 0.870. The monoisotopic (exact) mass is 192 g/mol. The predicted molar refractivity (Wildman–Crippen MR) is 55.2 cm³/mol. The smallest absolute Gasteiger partial charge is 0.0726 e. The molecule has 14 heavy (non-hydrogen) atoms. The molecule has 1 atom stereocenters. The lowest BCUT2D eigenvalue weighted by Crippen LogP contribution is -2.53. The number of nitrogens with one attached hydrogen (secondary N) is 2. The van der Waals surface area contributed by atoms with Crippen LogP contribution in [0.15, 0.2) is 12.4 Å². The number of H-pyrrole nitrogens is 1. The Kier molecular flexibility index (Phi) is 1.94. The second kappa shape index (κ2) is 3.28. The Hall–Kier alpha value is -1.03. The van der Waals surface area contributed by atoms with Crippen molar-refractivity contribution >= 4 is 5.69 Å². The van der Waals surface area contributed by atoms with Crippen LogP contribution in [0, 0.1) is 5.92 Å². The molecule has 0 radical (unpaired) electrons. The highest BCUT2D eigenvalue weighted by atomic mass is 15.2. The molecule has 0 spiro atoms. The van der Waals surface area contributed by atoms with Gasteiger partial charge in [0.2, 0.25) is 0 Å². The fourth-order valence-corrected chi connectivity index (χ4v) is 2.67. The standard InChI is InChI=1S/C10H16N4/c1-3-14-4-2-8(1)10(7-14)13-9-5-11-12-6-9/h5-6,8,10,13H,1-4,7H2,(H,11,12). The van der Waals surface area contributed by atoms with E-state index in [9.17, 15) is 0 Å². The Morgan fingerprint density at radius 3 is 2.86 bits per heavy atom. The number of piperidine rings is 3. The van der Waals surface area contributed by atoms with Crippen LogP contribution in [0.5, 0.6) is 0 Å². The average Bonchev–Trinajstić information content (AvgIpc) is 2.72. The van der Waals surface area contributed by atoms with Gasteiger partial charge >= 0.3 is 0 Å². The number of aromatic amines is 1. The summed E-state index contributed by atoms with van der Waals surface area (Å²) < 4.78 is 0. The van der Waals surface area contributed by atoms with Crippen LogP contribution in [0.3, 0.4) is 0 Å². The van der Waals surface area contributed by atoms with Gasteiger partial charge in [0.05, 0.1) is 11.9 Å². The number of hydrogen-bond donors (Lipinski definition) is 2. The molecule has 4 rings (SSSR count). The van der Waals surface area contributed by atoms with Crippen LogP contribution in [0.1, 0.15) is 12.8 Å². The highest BCUT2D eigenvalue weighted by Gasteiger charge is 2.33. The van der Waals surface area contributed by atoms with Crippen LogP contribution in [0.2, 0.25) is 0 Å². The van der Waals surface area contributed by atoms with Crippen molar-refractivity contribution < 1.29 is 0 Å². The minimum Gasteiger partial charge on any atom is -0.378 e. The first-order valence-electron chi connectivity index (χ1n) is 5.39. The van der Waals surface area contributed by atoms with Crippen molar-refractivity contribution in [3.05, 3.63) is 12.4 Å². The largest absolute Gasteiger partial charge is 0.378 e. The van der Waals surface area contributed by atoms with Gasteiger partial charge in [0.1, 0.15) is 0 Å². The summed E-state index contributed by atoms with van der Waals surface area (Å²) in [5.41, 5.74) is 1.13. The fraction of sp³-hybridized carbons (Fsp3) is 0.700. The van der Waals surface area contributed by atoms with E-state index in [2.05, 4.69) is 20.4 Å². The van der Waals surface area contributed by atoms with Crippen LogP contribution >= 0.6 is 0 Å². The van der Waals surface area contributed by atoms with Crippen molar-refractivity contribution in [3.63, 3.8) is 0 Å². The third-order valence-electron chi connectivity index (χ3n) is 3.51. The van der Waals surface area contributed by atoms with E-state index in [4.69, 9.17) is 0 Å². The molecule has 3 aliphatic rings. The van der Waals surface area contributed by atoms with Crippen LogP contribution in [-0.2, 0) is 0 Å². The second-order valence-corrected chi connectivity index (χ2v) is 4.38. The van der Waals surface area contributed by atoms with Crippen LogP contribution in [0.25, 0.3) is 0 Å². The Labute approximate surface area is 83.7 Å². The van der Waals surface area contributed by atoms with E-state index < -0.39 is 0 Å². The molecule has 0 amide bonds. The molecule has 4 heterocycles. The van der Waals surface area contributed by atoms with Crippen molar-refractivity contribution in [1.82, 2.24) is 15.1 Å². The Morgan fingerprint density at radius 2 is 2.29 bits per heavy atom. The van der Waals surface area contributed by atoms with Crippen molar-refractivity contribution in [3.8, 4) is 0 Å². The van der Waals surface area contributed by atoms with E-state index in [0.717, 1.165) is 11.6 Å². The topological polar surface area (TPSA) is 44.0 Å². The molecule has 76 valence electrons. The van der Waals surface area contributed by atoms with E-state index in [1.165, 1.54) is 32.5 Å². The number of rotatable bonds is 2. The van der Waals surface area contributed by atoms with E-state index in [1.54, 1.807) is 0 Å². The number of fused-ring (bicyclic) bond motifs is 3. The van der Waals surface area contributed by atoms with Crippen molar-refractivity contribution in [1.29, 1.82) is 0 Å². The lowest BCUT2D eigenvalue weighted by Gasteiger charge is -2.45. The lowest BCUT2D eigenvalue weighted by molar-refractivity contribution is 0.0975. The second-order valence-electron chi connectivity index (χ2n) is 4.38. The minimum absolute atomic E-state index is 0.634. The van der Waals surface area contributed by atoms with Crippen LogP contribution in [0.4, 0.5) is 5.69 Å². The molecule has 2 bridgehead atoms. The Bertz CT molecular complexity index is 287. The highest BCUT2D eigenvalue weighted by molar-refractivity contribution is 5.39. The summed E-state index contributed by atoms with van der Waals surface area (Å²) >= 11 is 0. The maximum absolute atomic E-state index is 3.95. The van der Waals surface area contributed by atoms with Gasteiger partial charge in [-0.25, -0.2) is 0 Å². The summed E-state index contributed by atoms with van der Waals surface area (Å²) in [6.07, 6.45) is 6.50. The summed E-state index contributed by atoms with van der Waals surface area (Å²) in [6, 6.07) is 0.634. The summed E-state index contributed by atoms with van der Waals surface area (Å²) in [7, 11) is 0. The zero-order valence-corrected chi connectivity index (χ0v) is 8.24. The van der Waals surface area contributed by atoms with Crippen LogP contribution < -0.4 is 5.32 Å². The quantitative estimate of drug-likeness (QED) is 0.732. The average molecular weight is 192 g/mol. The normalized spacial score (nSPS) is 35.9. The third kappa shape index (κ3) is 1.39. The van der Waals surface area contributed by atoms with Crippen molar-refractivity contribution in [2.24, 2.45) is 5.92 Å². The lowest BCUT2D eigenvalue weighted by atomic mass is 9.84. The SMILES string of the molecule is c1n[nH]cc1NC1CN2CCC1CC2. The molecule has 4 nitrogen and oxygen atoms in total. The predicted octanol–water partition coefficient (Wildman–Crippen LogP) is 0.916. The van der Waals surface area contributed by atoms with Gasteiger partial charge < -0.3 is 10.2 Å². The first kappa shape index (κ1) is 8.29. The summed E-state index contributed by atoms with van der Waals surface area (Å²) in [5, 5.41) is 10.3. The molecule has 3 saturated heterocycles. The molecule has 0 saturated carbocycles. The summed E-state index contributed by atoms with van der Waals surface area (Å²) in [6.45, 7) is 3.80. The number of aromatic nitrogens is 2. The molecule has 3 fully saturated rings. The van der Waals surface area contributed by atoms with E-state index >= 15 is 0 Å². The number of anilines is 1. The Morgan fingerprint density at radius 1 is 1.43 bits per heavy atom. The maximum Gasteiger partial charge on any atom is 0.0726 e. The van der Waals surface area contributed by atoms with Gasteiger partial charge in [-0.2, -0.15) is 5.10 Å². The fourth-order valence-electron chi connectivity index (χ4n) is 2.67. The minimum atomic E-state index is 0.634. The Balaban J connectivity index is 1.68. The molecule has 3 aliphatic heterocycles. The van der Waals surface area contributed by atoms with Gasteiger partial charge in [-0.15, -0.1) is 0 Å². The molecular formula is C10H16N4. The number of hydrogen-bond acceptors (Lipinski definition) is 3. The molecule has 0 aliphatic carbocycles. The third-order valence-corrected chi connectivity index (χ3v) is 3.51. The highest BCUT2D eigenvalue weighted by Crippen LogP contribution is 2.29. The maximum atomic E-state index is 3.95. The zero-order valence-electron chi connectivity index (χ0n) is 8.24. The van der Waals surface area contributed by atoms with Gasteiger partial charge in [0.15, 0.2) is 0 Å². The van der Waals surface area contributed by atoms with Gasteiger partial charge in [0, 0.05) is 18.8 Å². The first-order chi connectivity index (χ1) is 6.92. The van der Waals surface area contributed by atoms with Crippen LogP contribution in [-0.4, -0.2) is 40.8 Å².